The highest BCUT2D eigenvalue weighted by molar-refractivity contribution is 7.18. The highest BCUT2D eigenvalue weighted by Crippen LogP contribution is 2.35. The molecule has 3 aromatic heterocycles. The van der Waals surface area contributed by atoms with Crippen molar-refractivity contribution in [1.29, 1.82) is 5.26 Å². The summed E-state index contributed by atoms with van der Waals surface area (Å²) in [5, 5.41) is 15.2. The number of halogens is 3. The fraction of sp³-hybridized carbons (Fsp3) is 0.529. The van der Waals surface area contributed by atoms with Gasteiger partial charge in [-0.1, -0.05) is 13.0 Å². The van der Waals surface area contributed by atoms with Crippen molar-refractivity contribution in [1.82, 2.24) is 19.4 Å². The Labute approximate surface area is 265 Å². The minimum atomic E-state index is -4.26. The molecule has 1 saturated heterocycles. The van der Waals surface area contributed by atoms with Crippen molar-refractivity contribution in [2.75, 3.05) is 18.4 Å². The molecule has 2 aliphatic rings. The van der Waals surface area contributed by atoms with Crippen molar-refractivity contribution < 1.29 is 18.0 Å². The summed E-state index contributed by atoms with van der Waals surface area (Å²) in [5.74, 6) is 2.20. The summed E-state index contributed by atoms with van der Waals surface area (Å²) >= 11 is 1.08. The minimum absolute atomic E-state index is 0.168. The lowest BCUT2D eigenvalue weighted by Gasteiger charge is -2.33. The molecule has 6 rings (SSSR count). The summed E-state index contributed by atoms with van der Waals surface area (Å²) in [6, 6.07) is 10.5. The summed E-state index contributed by atoms with van der Waals surface area (Å²) in [7, 11) is 0. The molecule has 7 nitrogen and oxygen atoms in total. The number of aryl methyl sites for hydroxylation is 2. The summed E-state index contributed by atoms with van der Waals surface area (Å²) in [5.41, 5.74) is 4.17. The van der Waals surface area contributed by atoms with Gasteiger partial charge in [0, 0.05) is 60.8 Å². The molecule has 1 aliphatic carbocycles. The second-order valence-corrected chi connectivity index (χ2v) is 14.1. The van der Waals surface area contributed by atoms with E-state index in [4.69, 9.17) is 0 Å². The van der Waals surface area contributed by atoms with Crippen molar-refractivity contribution in [2.45, 2.75) is 91.0 Å². The van der Waals surface area contributed by atoms with Gasteiger partial charge < -0.3 is 9.88 Å². The van der Waals surface area contributed by atoms with Gasteiger partial charge in [0.25, 0.3) is 0 Å². The number of hydrogen-bond acceptors (Lipinski definition) is 7. The van der Waals surface area contributed by atoms with Crippen LogP contribution in [0.2, 0.25) is 0 Å². The molecule has 0 bridgehead atoms. The highest BCUT2D eigenvalue weighted by atomic mass is 32.1. The van der Waals surface area contributed by atoms with E-state index in [1.165, 1.54) is 11.1 Å². The summed E-state index contributed by atoms with van der Waals surface area (Å²) < 4.78 is 41.1. The number of carbonyl (C=O) groups excluding carboxylic acids is 1. The van der Waals surface area contributed by atoms with Gasteiger partial charge >= 0.3 is 6.18 Å². The molecule has 1 unspecified atom stereocenters. The second-order valence-electron chi connectivity index (χ2n) is 12.9. The van der Waals surface area contributed by atoms with Gasteiger partial charge in [-0.05, 0) is 80.7 Å². The summed E-state index contributed by atoms with van der Waals surface area (Å²) in [6.45, 7) is 9.41. The fourth-order valence-electron chi connectivity index (χ4n) is 7.11. The third-order valence-electron chi connectivity index (χ3n) is 9.63. The quantitative estimate of drug-likeness (QED) is 0.213. The third kappa shape index (κ3) is 7.02. The van der Waals surface area contributed by atoms with Gasteiger partial charge in [-0.3, -0.25) is 9.69 Å². The number of alkyl halides is 3. The van der Waals surface area contributed by atoms with E-state index in [1.54, 1.807) is 13.0 Å². The van der Waals surface area contributed by atoms with Crippen LogP contribution in [0, 0.1) is 37.0 Å². The van der Waals surface area contributed by atoms with Gasteiger partial charge in [0.15, 0.2) is 0 Å². The van der Waals surface area contributed by atoms with Gasteiger partial charge in [0.2, 0.25) is 0 Å². The van der Waals surface area contributed by atoms with E-state index in [0.29, 0.717) is 58.0 Å². The van der Waals surface area contributed by atoms with Gasteiger partial charge in [-0.15, -0.1) is 11.3 Å². The molecule has 1 saturated carbocycles. The van der Waals surface area contributed by atoms with Gasteiger partial charge in [0.05, 0.1) is 11.8 Å². The standard InChI is InChI=1S/C34H39F3N6OS/c1-20(23-5-4-6-27(44)13-23)18-43-26(17-38)14-29-21(2)24(7-8-31(29)43)19-42-11-9-25(10-12-42)41-32-30-15-28(16-34(35,36)37)45-33(30)40-22(3)39-32/h7-8,14-15,20,23,25H,4-6,9-13,16,18-19H2,1-3H3,(H,39,40,41)/t20-,23?/m0/s1. The number of aromatic nitrogens is 3. The van der Waals surface area contributed by atoms with Crippen LogP contribution in [0.3, 0.4) is 0 Å². The number of thiophene rings is 1. The monoisotopic (exact) mass is 636 g/mol. The molecule has 0 spiro atoms. The van der Waals surface area contributed by atoms with Gasteiger partial charge in [-0.2, -0.15) is 18.4 Å². The fourth-order valence-corrected chi connectivity index (χ4v) is 8.21. The Balaban J connectivity index is 1.11. The number of ketones is 1. The Morgan fingerprint density at radius 1 is 1.13 bits per heavy atom. The first kappa shape index (κ1) is 31.5. The van der Waals surface area contributed by atoms with Crippen LogP contribution in [0.4, 0.5) is 19.0 Å². The maximum atomic E-state index is 13.0. The molecular formula is C34H39F3N6OS. The van der Waals surface area contributed by atoms with Crippen molar-refractivity contribution in [2.24, 2.45) is 11.8 Å². The Morgan fingerprint density at radius 3 is 2.62 bits per heavy atom. The number of hydrogen-bond donors (Lipinski definition) is 1. The number of anilines is 1. The van der Waals surface area contributed by atoms with Crippen LogP contribution in [0.25, 0.3) is 21.1 Å². The molecule has 4 aromatic rings. The van der Waals surface area contributed by atoms with Crippen molar-refractivity contribution in [3.8, 4) is 6.07 Å². The average molecular weight is 637 g/mol. The van der Waals surface area contributed by atoms with E-state index in [0.717, 1.165) is 74.1 Å². The first-order chi connectivity index (χ1) is 21.5. The lowest BCUT2D eigenvalue weighted by atomic mass is 9.80. The average Bonchev–Trinajstić information content (AvgIpc) is 3.55. The normalized spacial score (nSPS) is 19.3. The van der Waals surface area contributed by atoms with E-state index in [-0.39, 0.29) is 10.9 Å². The second kappa shape index (κ2) is 12.7. The van der Waals surface area contributed by atoms with E-state index in [1.807, 2.05) is 6.07 Å². The number of rotatable bonds is 8. The lowest BCUT2D eigenvalue weighted by molar-refractivity contribution is -0.126. The number of benzene rings is 1. The maximum Gasteiger partial charge on any atom is 0.393 e. The molecule has 0 radical (unpaired) electrons. The van der Waals surface area contributed by atoms with Crippen LogP contribution >= 0.6 is 11.3 Å². The van der Waals surface area contributed by atoms with Crippen LogP contribution in [0.1, 0.15) is 73.0 Å². The Hall–Kier alpha value is -3.49. The van der Waals surface area contributed by atoms with E-state index < -0.39 is 12.6 Å². The Kier molecular flexibility index (Phi) is 8.90. The molecule has 45 heavy (non-hydrogen) atoms. The number of piperidine rings is 1. The molecule has 1 aromatic carbocycles. The Morgan fingerprint density at radius 2 is 1.91 bits per heavy atom. The minimum Gasteiger partial charge on any atom is -0.367 e. The van der Waals surface area contributed by atoms with Crippen LogP contribution in [0.15, 0.2) is 24.3 Å². The van der Waals surface area contributed by atoms with Gasteiger partial charge in [0.1, 0.15) is 34.0 Å². The van der Waals surface area contributed by atoms with Crippen molar-refractivity contribution in [3.05, 3.63) is 51.8 Å². The maximum absolute atomic E-state index is 13.0. The predicted molar refractivity (Wildman–Crippen MR) is 171 cm³/mol. The number of nitrogens with zero attached hydrogens (tertiary/aromatic N) is 5. The first-order valence-corrected chi connectivity index (χ1v) is 16.6. The molecule has 11 heteroatoms. The molecule has 2 fully saturated rings. The number of likely N-dealkylation sites (tertiary alicyclic amines) is 1. The number of nitriles is 1. The highest BCUT2D eigenvalue weighted by Gasteiger charge is 2.30. The number of nitrogens with one attached hydrogen (secondary N) is 1. The smallest absolute Gasteiger partial charge is 0.367 e. The van der Waals surface area contributed by atoms with E-state index >= 15 is 0 Å². The number of fused-ring (bicyclic) bond motifs is 2. The molecule has 1 aliphatic heterocycles. The summed E-state index contributed by atoms with van der Waals surface area (Å²) in [4.78, 5) is 24.2. The largest absolute Gasteiger partial charge is 0.393 e. The third-order valence-corrected chi connectivity index (χ3v) is 10.7. The molecule has 2 atom stereocenters. The Bertz CT molecular complexity index is 1760. The van der Waals surface area contributed by atoms with Crippen molar-refractivity contribution in [3.63, 3.8) is 0 Å². The molecule has 238 valence electrons. The molecular weight excluding hydrogens is 597 g/mol. The van der Waals surface area contributed by atoms with Crippen LogP contribution in [-0.2, 0) is 24.3 Å². The zero-order valence-electron chi connectivity index (χ0n) is 26.0. The molecule has 4 heterocycles. The van der Waals surface area contributed by atoms with Crippen LogP contribution < -0.4 is 5.32 Å². The van der Waals surface area contributed by atoms with Gasteiger partial charge in [-0.25, -0.2) is 9.97 Å². The first-order valence-electron chi connectivity index (χ1n) is 15.8. The lowest BCUT2D eigenvalue weighted by Crippen LogP contribution is -2.39. The van der Waals surface area contributed by atoms with Crippen LogP contribution in [0.5, 0.6) is 0 Å². The predicted octanol–water partition coefficient (Wildman–Crippen LogP) is 7.71. The number of carbonyl (C=O) groups is 1. The summed E-state index contributed by atoms with van der Waals surface area (Å²) in [6.07, 6.45) is -0.0493. The molecule has 0 amide bonds. The zero-order chi connectivity index (χ0) is 31.9. The van der Waals surface area contributed by atoms with E-state index in [9.17, 15) is 23.2 Å². The molecule has 1 N–H and O–H groups in total. The van der Waals surface area contributed by atoms with E-state index in [2.05, 4.69) is 56.8 Å². The van der Waals surface area contributed by atoms with Crippen molar-refractivity contribution >= 4 is 44.1 Å². The number of Topliss-reactive ketones (excluding diaryl/α,β-unsaturated/α-hetero) is 1. The van der Waals surface area contributed by atoms with Crippen LogP contribution in [-0.4, -0.2) is 50.5 Å². The zero-order valence-corrected chi connectivity index (χ0v) is 26.8. The topological polar surface area (TPSA) is 86.8 Å². The SMILES string of the molecule is Cc1nc(NC2CCN(Cc3ccc4c(cc(C#N)n4C[C@H](C)C4CCCC(=O)C4)c3C)CC2)c2cc(CC(F)(F)F)sc2n1.